The smallest absolute Gasteiger partial charge is 0.0964 e. The molecule has 1 unspecified atom stereocenters. The summed E-state index contributed by atoms with van der Waals surface area (Å²) in [6.45, 7) is 3.98. The van der Waals surface area contributed by atoms with Crippen molar-refractivity contribution in [3.05, 3.63) is 11.9 Å². The molecule has 96 valence electrons. The topological polar surface area (TPSA) is 66.2 Å². The van der Waals surface area contributed by atoms with Crippen LogP contribution in [-0.4, -0.2) is 57.8 Å². The van der Waals surface area contributed by atoms with Crippen LogP contribution in [-0.2, 0) is 13.1 Å². The lowest BCUT2D eigenvalue weighted by Crippen LogP contribution is -2.31. The molecule has 0 radical (unpaired) electrons. The maximum Gasteiger partial charge on any atom is 0.0964 e. The molecule has 1 aliphatic heterocycles. The lowest BCUT2D eigenvalue weighted by molar-refractivity contribution is 0.276. The van der Waals surface area contributed by atoms with E-state index in [1.165, 1.54) is 13.0 Å². The summed E-state index contributed by atoms with van der Waals surface area (Å²) in [5.41, 5.74) is 0.970. The van der Waals surface area contributed by atoms with Gasteiger partial charge in [-0.25, -0.2) is 0 Å². The van der Waals surface area contributed by atoms with Crippen molar-refractivity contribution < 1.29 is 5.11 Å². The number of aryl methyl sites for hydroxylation is 1. The molecule has 0 bridgehead atoms. The van der Waals surface area contributed by atoms with Gasteiger partial charge in [0.25, 0.3) is 0 Å². The number of rotatable bonds is 6. The van der Waals surface area contributed by atoms with E-state index in [2.05, 4.69) is 27.6 Å². The van der Waals surface area contributed by atoms with Crippen molar-refractivity contribution in [1.82, 2.24) is 25.2 Å². The maximum atomic E-state index is 8.73. The third-order valence-electron chi connectivity index (χ3n) is 3.09. The van der Waals surface area contributed by atoms with E-state index >= 15 is 0 Å². The van der Waals surface area contributed by atoms with E-state index in [0.717, 1.165) is 31.7 Å². The lowest BCUT2D eigenvalue weighted by Gasteiger charge is -2.10. The molecule has 0 aliphatic carbocycles. The lowest BCUT2D eigenvalue weighted by atomic mass is 10.2. The van der Waals surface area contributed by atoms with Gasteiger partial charge >= 0.3 is 0 Å². The van der Waals surface area contributed by atoms with Gasteiger partial charge in [0, 0.05) is 38.5 Å². The van der Waals surface area contributed by atoms with Gasteiger partial charge in [0.05, 0.1) is 5.69 Å². The Morgan fingerprint density at radius 2 is 2.47 bits per heavy atom. The SMILES string of the molecule is CN1CCC(NCc2cn(CCCO)nn2)C1. The maximum absolute atomic E-state index is 8.73. The summed E-state index contributed by atoms with van der Waals surface area (Å²) in [5, 5.41) is 20.3. The van der Waals surface area contributed by atoms with Crippen LogP contribution in [0.3, 0.4) is 0 Å². The molecule has 0 aromatic carbocycles. The van der Waals surface area contributed by atoms with Crippen molar-refractivity contribution in [3.8, 4) is 0 Å². The summed E-state index contributed by atoms with van der Waals surface area (Å²) in [4.78, 5) is 2.33. The second-order valence-corrected chi connectivity index (χ2v) is 4.68. The third-order valence-corrected chi connectivity index (χ3v) is 3.09. The molecule has 1 saturated heterocycles. The molecular weight excluding hydrogens is 218 g/mol. The Morgan fingerprint density at radius 1 is 1.59 bits per heavy atom. The Balaban J connectivity index is 1.73. The summed E-state index contributed by atoms with van der Waals surface area (Å²) in [7, 11) is 2.15. The molecule has 17 heavy (non-hydrogen) atoms. The number of hydrogen-bond acceptors (Lipinski definition) is 5. The number of likely N-dealkylation sites (tertiary alicyclic amines) is 1. The van der Waals surface area contributed by atoms with E-state index in [1.54, 1.807) is 4.68 Å². The van der Waals surface area contributed by atoms with Crippen LogP contribution in [0, 0.1) is 0 Å². The molecule has 1 aromatic heterocycles. The first kappa shape index (κ1) is 12.5. The predicted octanol–water partition coefficient (Wildman–Crippen LogP) is -0.546. The van der Waals surface area contributed by atoms with Gasteiger partial charge in [-0.1, -0.05) is 5.21 Å². The van der Waals surface area contributed by atoms with Crippen LogP contribution in [0.1, 0.15) is 18.5 Å². The van der Waals surface area contributed by atoms with Gasteiger partial charge in [-0.2, -0.15) is 0 Å². The Hall–Kier alpha value is -0.980. The van der Waals surface area contributed by atoms with E-state index < -0.39 is 0 Å². The van der Waals surface area contributed by atoms with Gasteiger partial charge in [-0.15, -0.1) is 5.10 Å². The molecule has 0 saturated carbocycles. The highest BCUT2D eigenvalue weighted by Gasteiger charge is 2.18. The van der Waals surface area contributed by atoms with Gasteiger partial charge in [0.15, 0.2) is 0 Å². The Kier molecular flexibility index (Phi) is 4.47. The fourth-order valence-corrected chi connectivity index (χ4v) is 2.11. The van der Waals surface area contributed by atoms with E-state index in [9.17, 15) is 0 Å². The first-order valence-electron chi connectivity index (χ1n) is 6.19. The summed E-state index contributed by atoms with van der Waals surface area (Å²) >= 11 is 0. The number of aromatic nitrogens is 3. The first-order valence-corrected chi connectivity index (χ1v) is 6.19. The fraction of sp³-hybridized carbons (Fsp3) is 0.818. The van der Waals surface area contributed by atoms with Gasteiger partial charge < -0.3 is 15.3 Å². The van der Waals surface area contributed by atoms with Gasteiger partial charge in [-0.05, 0) is 26.4 Å². The monoisotopic (exact) mass is 239 g/mol. The predicted molar refractivity (Wildman–Crippen MR) is 64.5 cm³/mol. The van der Waals surface area contributed by atoms with E-state index in [-0.39, 0.29) is 6.61 Å². The Morgan fingerprint density at radius 3 is 3.18 bits per heavy atom. The zero-order chi connectivity index (χ0) is 12.1. The summed E-state index contributed by atoms with van der Waals surface area (Å²) in [6.07, 6.45) is 3.88. The zero-order valence-electron chi connectivity index (χ0n) is 10.3. The molecular formula is C11H21N5O. The van der Waals surface area contributed by atoms with Crippen LogP contribution in [0.25, 0.3) is 0 Å². The van der Waals surface area contributed by atoms with E-state index in [4.69, 9.17) is 5.11 Å². The quantitative estimate of drug-likeness (QED) is 0.697. The highest BCUT2D eigenvalue weighted by molar-refractivity contribution is 4.93. The molecule has 1 aliphatic rings. The number of aliphatic hydroxyl groups is 1. The molecule has 0 amide bonds. The van der Waals surface area contributed by atoms with Crippen LogP contribution >= 0.6 is 0 Å². The highest BCUT2D eigenvalue weighted by Crippen LogP contribution is 2.06. The molecule has 2 heterocycles. The molecule has 1 atom stereocenters. The van der Waals surface area contributed by atoms with Crippen molar-refractivity contribution in [1.29, 1.82) is 0 Å². The number of nitrogens with one attached hydrogen (secondary N) is 1. The average Bonchev–Trinajstić information content (AvgIpc) is 2.93. The fourth-order valence-electron chi connectivity index (χ4n) is 2.11. The first-order chi connectivity index (χ1) is 8.28. The minimum Gasteiger partial charge on any atom is -0.396 e. The Labute approximate surface area is 102 Å². The van der Waals surface area contributed by atoms with Gasteiger partial charge in [0.1, 0.15) is 0 Å². The molecule has 6 nitrogen and oxygen atoms in total. The van der Waals surface area contributed by atoms with Crippen LogP contribution in [0.5, 0.6) is 0 Å². The number of aliphatic hydroxyl groups excluding tert-OH is 1. The highest BCUT2D eigenvalue weighted by atomic mass is 16.3. The summed E-state index contributed by atoms with van der Waals surface area (Å²) < 4.78 is 1.79. The number of hydrogen-bond donors (Lipinski definition) is 2. The van der Waals surface area contributed by atoms with Crippen molar-refractivity contribution in [2.75, 3.05) is 26.7 Å². The van der Waals surface area contributed by atoms with Gasteiger partial charge in [0.2, 0.25) is 0 Å². The summed E-state index contributed by atoms with van der Waals surface area (Å²) in [6, 6.07) is 0.572. The molecule has 2 N–H and O–H groups in total. The van der Waals surface area contributed by atoms with Crippen molar-refractivity contribution in [3.63, 3.8) is 0 Å². The standard InChI is InChI=1S/C11H21N5O/c1-15-5-3-10(8-15)12-7-11-9-16(14-13-11)4-2-6-17/h9-10,12,17H,2-8H2,1H3. The molecule has 1 fully saturated rings. The minimum atomic E-state index is 0.196. The van der Waals surface area contributed by atoms with Crippen LogP contribution in [0.2, 0.25) is 0 Å². The van der Waals surface area contributed by atoms with E-state index in [0.29, 0.717) is 6.04 Å². The number of likely N-dealkylation sites (N-methyl/N-ethyl adjacent to an activating group) is 1. The normalized spacial score (nSPS) is 21.2. The van der Waals surface area contributed by atoms with Crippen LogP contribution < -0.4 is 5.32 Å². The van der Waals surface area contributed by atoms with Crippen LogP contribution in [0.4, 0.5) is 0 Å². The van der Waals surface area contributed by atoms with E-state index in [1.807, 2.05) is 6.20 Å². The summed E-state index contributed by atoms with van der Waals surface area (Å²) in [5.74, 6) is 0. The zero-order valence-corrected chi connectivity index (χ0v) is 10.3. The molecule has 6 heteroatoms. The average molecular weight is 239 g/mol. The number of nitrogens with zero attached hydrogens (tertiary/aromatic N) is 4. The molecule has 0 spiro atoms. The minimum absolute atomic E-state index is 0.196. The molecule has 2 rings (SSSR count). The molecule has 1 aromatic rings. The van der Waals surface area contributed by atoms with Gasteiger partial charge in [-0.3, -0.25) is 4.68 Å². The second kappa shape index (κ2) is 6.09. The largest absolute Gasteiger partial charge is 0.396 e. The van der Waals surface area contributed by atoms with Crippen molar-refractivity contribution in [2.45, 2.75) is 32.0 Å². The third kappa shape index (κ3) is 3.76. The van der Waals surface area contributed by atoms with Crippen LogP contribution in [0.15, 0.2) is 6.20 Å². The van der Waals surface area contributed by atoms with Crippen molar-refractivity contribution in [2.24, 2.45) is 0 Å². The second-order valence-electron chi connectivity index (χ2n) is 4.68. The van der Waals surface area contributed by atoms with Crippen molar-refractivity contribution >= 4 is 0 Å². The Bertz CT molecular complexity index is 340.